The number of carboxylic acid groups (broad SMARTS) is 1. The third kappa shape index (κ3) is 6.59. The van der Waals surface area contributed by atoms with Crippen molar-refractivity contribution >= 4 is 28.5 Å². The maximum atomic E-state index is 15.7. The highest BCUT2D eigenvalue weighted by molar-refractivity contribution is 6.32. The van der Waals surface area contributed by atoms with Crippen LogP contribution < -0.4 is 4.74 Å². The predicted molar refractivity (Wildman–Crippen MR) is 141 cm³/mol. The van der Waals surface area contributed by atoms with Gasteiger partial charge in [0.1, 0.15) is 11.9 Å². The van der Waals surface area contributed by atoms with Crippen molar-refractivity contribution in [1.82, 2.24) is 9.88 Å². The third-order valence-electron chi connectivity index (χ3n) is 7.70. The molecule has 38 heavy (non-hydrogen) atoms. The molecule has 1 aromatic heterocycles. The summed E-state index contributed by atoms with van der Waals surface area (Å²) in [6, 6.07) is 9.43. The van der Waals surface area contributed by atoms with Crippen LogP contribution in [0.3, 0.4) is 0 Å². The smallest absolute Gasteiger partial charge is 0.303 e. The van der Waals surface area contributed by atoms with Crippen LogP contribution in [0.5, 0.6) is 5.75 Å². The second kappa shape index (κ2) is 12.3. The first-order chi connectivity index (χ1) is 18.2. The Hall–Kier alpha value is -2.84. The van der Waals surface area contributed by atoms with Gasteiger partial charge in [-0.15, -0.1) is 0 Å². The van der Waals surface area contributed by atoms with E-state index in [1.165, 1.54) is 19.4 Å². The van der Waals surface area contributed by atoms with Crippen LogP contribution in [0.1, 0.15) is 55.8 Å². The van der Waals surface area contributed by atoms with Gasteiger partial charge in [0.15, 0.2) is 11.6 Å². The van der Waals surface area contributed by atoms with Gasteiger partial charge in [-0.3, -0.25) is 9.78 Å². The Morgan fingerprint density at radius 1 is 1.24 bits per heavy atom. The number of aromatic nitrogens is 1. The number of carboxylic acids is 1. The summed E-state index contributed by atoms with van der Waals surface area (Å²) in [6.07, 6.45) is 2.92. The number of carbonyl (C=O) groups is 1. The van der Waals surface area contributed by atoms with E-state index in [0.29, 0.717) is 79.5 Å². The monoisotopic (exact) mass is 548 g/mol. The highest BCUT2D eigenvalue weighted by atomic mass is 35.5. The average Bonchev–Trinajstić information content (AvgIpc) is 2.90. The van der Waals surface area contributed by atoms with Gasteiger partial charge in [0.05, 0.1) is 24.1 Å². The van der Waals surface area contributed by atoms with Crippen LogP contribution in [0, 0.1) is 17.0 Å². The minimum absolute atomic E-state index is 0.0271. The number of ether oxygens (including phenoxy) is 1. The number of hydrogen-bond acceptors (Lipinski definition) is 4. The Morgan fingerprint density at radius 2 is 2.00 bits per heavy atom. The van der Waals surface area contributed by atoms with Gasteiger partial charge in [-0.2, -0.15) is 0 Å². The lowest BCUT2D eigenvalue weighted by atomic mass is 9.71. The van der Waals surface area contributed by atoms with Gasteiger partial charge < -0.3 is 14.7 Å². The normalized spacial score (nSPS) is 16.4. The molecule has 0 unspecified atom stereocenters. The number of aryl methyl sites for hydroxylation is 1. The van der Waals surface area contributed by atoms with Crippen LogP contribution in [0.15, 0.2) is 42.6 Å². The van der Waals surface area contributed by atoms with Gasteiger partial charge in [0.25, 0.3) is 0 Å². The van der Waals surface area contributed by atoms with Crippen molar-refractivity contribution in [2.45, 2.75) is 51.1 Å². The van der Waals surface area contributed by atoms with E-state index in [9.17, 15) is 18.7 Å². The molecular formula is C29H32ClF3N2O3. The number of methoxy groups -OCH3 is 1. The molecule has 0 bridgehead atoms. The summed E-state index contributed by atoms with van der Waals surface area (Å²) in [4.78, 5) is 18.2. The number of hydrogen-bond donors (Lipinski definition) is 1. The minimum Gasteiger partial charge on any atom is -0.497 e. The Bertz CT molecular complexity index is 1280. The van der Waals surface area contributed by atoms with Crippen LogP contribution in [-0.4, -0.2) is 47.7 Å². The number of nitrogens with zero attached hydrogens (tertiary/aromatic N) is 2. The number of rotatable bonds is 11. The lowest BCUT2D eigenvalue weighted by Crippen LogP contribution is -2.41. The number of aliphatic carboxylic acids is 1. The zero-order valence-electron chi connectivity index (χ0n) is 21.4. The largest absolute Gasteiger partial charge is 0.497 e. The molecule has 3 aromatic rings. The molecule has 1 fully saturated rings. The van der Waals surface area contributed by atoms with E-state index in [2.05, 4.69) is 9.88 Å². The van der Waals surface area contributed by atoms with Gasteiger partial charge in [-0.05, 0) is 93.4 Å². The summed E-state index contributed by atoms with van der Waals surface area (Å²) in [6.45, 7) is 2.04. The number of alkyl halides is 1. The second-order valence-electron chi connectivity index (χ2n) is 10.1. The van der Waals surface area contributed by atoms with Crippen LogP contribution in [0.4, 0.5) is 13.2 Å². The van der Waals surface area contributed by atoms with E-state index < -0.39 is 29.2 Å². The zero-order chi connectivity index (χ0) is 27.3. The van der Waals surface area contributed by atoms with Gasteiger partial charge in [-0.1, -0.05) is 23.7 Å². The van der Waals surface area contributed by atoms with E-state index in [0.717, 1.165) is 6.07 Å². The molecule has 9 heteroatoms. The van der Waals surface area contributed by atoms with E-state index in [1.807, 2.05) is 0 Å². The molecule has 204 valence electrons. The van der Waals surface area contributed by atoms with Crippen molar-refractivity contribution in [2.24, 2.45) is 5.41 Å². The minimum atomic E-state index is -1.38. The standard InChI is InChI=1S/C29H32ClF3N2O3/c1-38-20-7-8-25-21(16-20)27(22(30)18-34-25)23(31)9-10-29(17-26(36)37)11-14-35(15-12-29)13-3-5-19-4-2-6-24(32)28(19)33/h2,4,6-8,16,18,23H,3,5,9-15,17H2,1H3,(H,36,37)/t23-/m0/s1. The topological polar surface area (TPSA) is 62.7 Å². The predicted octanol–water partition coefficient (Wildman–Crippen LogP) is 7.16. The summed E-state index contributed by atoms with van der Waals surface area (Å²) in [5.41, 5.74) is 0.799. The average molecular weight is 549 g/mol. The molecule has 5 nitrogen and oxygen atoms in total. The fourth-order valence-corrected chi connectivity index (χ4v) is 5.78. The second-order valence-corrected chi connectivity index (χ2v) is 10.5. The summed E-state index contributed by atoms with van der Waals surface area (Å²) in [5, 5.41) is 10.4. The maximum Gasteiger partial charge on any atom is 0.303 e. The molecule has 2 heterocycles. The van der Waals surface area contributed by atoms with Crippen molar-refractivity contribution in [3.05, 3.63) is 70.4 Å². The van der Waals surface area contributed by atoms with E-state index in [-0.39, 0.29) is 17.9 Å². The molecule has 0 saturated carbocycles. The zero-order valence-corrected chi connectivity index (χ0v) is 22.1. The molecule has 2 aromatic carbocycles. The molecule has 4 rings (SSSR count). The van der Waals surface area contributed by atoms with Gasteiger partial charge >= 0.3 is 5.97 Å². The van der Waals surface area contributed by atoms with Crippen LogP contribution >= 0.6 is 11.6 Å². The molecule has 1 atom stereocenters. The highest BCUT2D eigenvalue weighted by Crippen LogP contribution is 2.44. The number of benzene rings is 2. The first-order valence-electron chi connectivity index (χ1n) is 12.8. The van der Waals surface area contributed by atoms with Gasteiger partial charge in [-0.25, -0.2) is 13.2 Å². The van der Waals surface area contributed by atoms with Crippen molar-refractivity contribution < 1.29 is 27.8 Å². The number of pyridine rings is 1. The lowest BCUT2D eigenvalue weighted by Gasteiger charge is -2.41. The van der Waals surface area contributed by atoms with Crippen molar-refractivity contribution in [3.8, 4) is 5.75 Å². The Labute approximate surface area is 225 Å². The summed E-state index contributed by atoms with van der Waals surface area (Å²) < 4.78 is 48.4. The first-order valence-corrected chi connectivity index (χ1v) is 13.2. The molecule has 1 N–H and O–H groups in total. The molecule has 0 amide bonds. The molecule has 0 spiro atoms. The van der Waals surface area contributed by atoms with Crippen molar-refractivity contribution in [3.63, 3.8) is 0 Å². The lowest BCUT2D eigenvalue weighted by molar-refractivity contribution is -0.141. The van der Waals surface area contributed by atoms with Crippen LogP contribution in [-0.2, 0) is 11.2 Å². The van der Waals surface area contributed by atoms with Crippen LogP contribution in [0.25, 0.3) is 10.9 Å². The highest BCUT2D eigenvalue weighted by Gasteiger charge is 2.37. The van der Waals surface area contributed by atoms with Gasteiger partial charge in [0.2, 0.25) is 0 Å². The van der Waals surface area contributed by atoms with Crippen LogP contribution in [0.2, 0.25) is 5.02 Å². The number of fused-ring (bicyclic) bond motifs is 1. The number of piperidine rings is 1. The molecule has 0 aliphatic carbocycles. The third-order valence-corrected chi connectivity index (χ3v) is 8.01. The van der Waals surface area contributed by atoms with E-state index in [1.54, 1.807) is 24.3 Å². The van der Waals surface area contributed by atoms with Crippen molar-refractivity contribution in [2.75, 3.05) is 26.7 Å². The van der Waals surface area contributed by atoms with Gasteiger partial charge in [0, 0.05) is 17.1 Å². The molecule has 1 aliphatic heterocycles. The Balaban J connectivity index is 1.39. The van der Waals surface area contributed by atoms with E-state index in [4.69, 9.17) is 16.3 Å². The summed E-state index contributed by atoms with van der Waals surface area (Å²) in [7, 11) is 1.54. The fraction of sp³-hybridized carbons (Fsp3) is 0.448. The SMILES string of the molecule is COc1ccc2ncc(Cl)c([C@@H](F)CCC3(CC(=O)O)CCN(CCCc4cccc(F)c4F)CC3)c2c1. The Morgan fingerprint density at radius 3 is 2.71 bits per heavy atom. The summed E-state index contributed by atoms with van der Waals surface area (Å²) in [5.74, 6) is -1.96. The number of likely N-dealkylation sites (tertiary alicyclic amines) is 1. The van der Waals surface area contributed by atoms with Crippen molar-refractivity contribution in [1.29, 1.82) is 0 Å². The number of halogens is 4. The first kappa shape index (κ1) is 28.2. The molecule has 0 radical (unpaired) electrons. The fourth-order valence-electron chi connectivity index (χ4n) is 5.51. The quantitative estimate of drug-likeness (QED) is 0.275. The molecular weight excluding hydrogens is 517 g/mol. The van der Waals surface area contributed by atoms with E-state index >= 15 is 4.39 Å². The molecule has 1 saturated heterocycles. The summed E-state index contributed by atoms with van der Waals surface area (Å²) >= 11 is 6.38. The maximum absolute atomic E-state index is 15.7. The molecule has 1 aliphatic rings. The Kier molecular flexibility index (Phi) is 9.15.